The maximum absolute atomic E-state index is 11.4. The van der Waals surface area contributed by atoms with E-state index in [1.54, 1.807) is 41.5 Å². The number of aliphatic hydroxyl groups excluding tert-OH is 1. The summed E-state index contributed by atoms with van der Waals surface area (Å²) < 4.78 is 10.1. The van der Waals surface area contributed by atoms with Crippen LogP contribution in [0.25, 0.3) is 0 Å². The van der Waals surface area contributed by atoms with E-state index in [0.29, 0.717) is 0 Å². The molecule has 0 radical (unpaired) electrons. The van der Waals surface area contributed by atoms with Crippen LogP contribution in [0.3, 0.4) is 0 Å². The molecule has 0 aromatic rings. The minimum absolute atomic E-state index is 0.00380. The fourth-order valence-corrected chi connectivity index (χ4v) is 1.13. The number of hydrogen-bond acceptors (Lipinski definition) is 5. The number of esters is 2. The van der Waals surface area contributed by atoms with E-state index in [-0.39, 0.29) is 12.8 Å². The van der Waals surface area contributed by atoms with E-state index < -0.39 is 29.2 Å². The molecule has 18 heavy (non-hydrogen) atoms. The fraction of sp³-hybridized carbons (Fsp3) is 0.846. The molecule has 0 saturated carbocycles. The Bertz CT molecular complexity index is 295. The second kappa shape index (κ2) is 6.18. The summed E-state index contributed by atoms with van der Waals surface area (Å²) in [5.74, 6) is -1.16. The number of aliphatic hydroxyl groups is 1. The molecular weight excluding hydrogens is 236 g/mol. The molecule has 0 heterocycles. The molecule has 0 rings (SSSR count). The molecule has 1 atom stereocenters. The topological polar surface area (TPSA) is 72.8 Å². The van der Waals surface area contributed by atoms with E-state index in [2.05, 4.69) is 0 Å². The third-order valence-electron chi connectivity index (χ3n) is 1.72. The van der Waals surface area contributed by atoms with Crippen LogP contribution < -0.4 is 0 Å². The standard InChI is InChI=1S/C13H24O5/c1-12(2,3)17-10(15)8-7-9(14)11(16)18-13(4,5)6/h9,14H,7-8H2,1-6H3/t9-/m0/s1. The Labute approximate surface area is 108 Å². The van der Waals surface area contributed by atoms with Crippen LogP contribution in [0.5, 0.6) is 0 Å². The lowest BCUT2D eigenvalue weighted by Crippen LogP contribution is -2.32. The van der Waals surface area contributed by atoms with Gasteiger partial charge in [-0.05, 0) is 48.0 Å². The van der Waals surface area contributed by atoms with Gasteiger partial charge >= 0.3 is 11.9 Å². The Morgan fingerprint density at radius 2 is 1.44 bits per heavy atom. The van der Waals surface area contributed by atoms with Crippen molar-refractivity contribution in [3.05, 3.63) is 0 Å². The van der Waals surface area contributed by atoms with Crippen molar-refractivity contribution in [1.29, 1.82) is 0 Å². The van der Waals surface area contributed by atoms with Crippen LogP contribution in [-0.4, -0.2) is 34.4 Å². The molecule has 0 aliphatic carbocycles. The SMILES string of the molecule is CC(C)(C)OC(=O)CC[C@H](O)C(=O)OC(C)(C)C. The summed E-state index contributed by atoms with van der Waals surface area (Å²) in [5.41, 5.74) is -1.21. The highest BCUT2D eigenvalue weighted by Gasteiger charge is 2.24. The highest BCUT2D eigenvalue weighted by atomic mass is 16.6. The van der Waals surface area contributed by atoms with Crippen molar-refractivity contribution in [3.8, 4) is 0 Å². The van der Waals surface area contributed by atoms with Crippen LogP contribution in [0.1, 0.15) is 54.4 Å². The molecule has 0 aromatic carbocycles. The molecule has 106 valence electrons. The van der Waals surface area contributed by atoms with Crippen LogP contribution in [0.2, 0.25) is 0 Å². The molecule has 0 aliphatic rings. The van der Waals surface area contributed by atoms with Crippen molar-refractivity contribution >= 4 is 11.9 Å². The molecule has 1 N–H and O–H groups in total. The van der Waals surface area contributed by atoms with Crippen LogP contribution in [-0.2, 0) is 19.1 Å². The van der Waals surface area contributed by atoms with Gasteiger partial charge in [0.1, 0.15) is 11.2 Å². The van der Waals surface area contributed by atoms with E-state index >= 15 is 0 Å². The van der Waals surface area contributed by atoms with Crippen molar-refractivity contribution in [3.63, 3.8) is 0 Å². The third-order valence-corrected chi connectivity index (χ3v) is 1.72. The smallest absolute Gasteiger partial charge is 0.335 e. The van der Waals surface area contributed by atoms with Crippen molar-refractivity contribution in [2.24, 2.45) is 0 Å². The van der Waals surface area contributed by atoms with Gasteiger partial charge in [-0.25, -0.2) is 4.79 Å². The van der Waals surface area contributed by atoms with Gasteiger partial charge in [-0.1, -0.05) is 0 Å². The Morgan fingerprint density at radius 3 is 1.83 bits per heavy atom. The molecule has 5 nitrogen and oxygen atoms in total. The molecule has 0 bridgehead atoms. The van der Waals surface area contributed by atoms with Crippen LogP contribution in [0, 0.1) is 0 Å². The maximum Gasteiger partial charge on any atom is 0.335 e. The zero-order valence-electron chi connectivity index (χ0n) is 12.1. The molecule has 0 fully saturated rings. The van der Waals surface area contributed by atoms with Gasteiger partial charge in [0.25, 0.3) is 0 Å². The maximum atomic E-state index is 11.4. The summed E-state index contributed by atoms with van der Waals surface area (Å²) in [5, 5.41) is 9.55. The van der Waals surface area contributed by atoms with Crippen LogP contribution in [0.4, 0.5) is 0 Å². The largest absolute Gasteiger partial charge is 0.460 e. The van der Waals surface area contributed by atoms with Gasteiger partial charge in [-0.3, -0.25) is 4.79 Å². The summed E-state index contributed by atoms with van der Waals surface area (Å²) in [6, 6.07) is 0. The van der Waals surface area contributed by atoms with Gasteiger partial charge in [0.05, 0.1) is 0 Å². The van der Waals surface area contributed by atoms with Crippen molar-refractivity contribution in [1.82, 2.24) is 0 Å². The Balaban J connectivity index is 4.07. The number of carbonyl (C=O) groups is 2. The van der Waals surface area contributed by atoms with Crippen molar-refractivity contribution in [2.75, 3.05) is 0 Å². The molecule has 0 amide bonds. The molecule has 0 unspecified atom stereocenters. The minimum atomic E-state index is -1.29. The summed E-state index contributed by atoms with van der Waals surface area (Å²) in [4.78, 5) is 22.8. The van der Waals surface area contributed by atoms with E-state index in [4.69, 9.17) is 9.47 Å². The number of hydrogen-bond donors (Lipinski definition) is 1. The summed E-state index contributed by atoms with van der Waals surface area (Å²) >= 11 is 0. The Hall–Kier alpha value is -1.10. The molecule has 0 saturated heterocycles. The summed E-state index contributed by atoms with van der Waals surface area (Å²) in [6.45, 7) is 10.4. The monoisotopic (exact) mass is 260 g/mol. The van der Waals surface area contributed by atoms with Gasteiger partial charge in [0.15, 0.2) is 6.10 Å². The normalized spacial score (nSPS) is 13.9. The van der Waals surface area contributed by atoms with Gasteiger partial charge in [0, 0.05) is 6.42 Å². The lowest BCUT2D eigenvalue weighted by Gasteiger charge is -2.22. The van der Waals surface area contributed by atoms with Gasteiger partial charge in [-0.2, -0.15) is 0 Å². The van der Waals surface area contributed by atoms with Gasteiger partial charge in [-0.15, -0.1) is 0 Å². The van der Waals surface area contributed by atoms with Gasteiger partial charge < -0.3 is 14.6 Å². The zero-order valence-corrected chi connectivity index (χ0v) is 12.1. The van der Waals surface area contributed by atoms with E-state index in [1.165, 1.54) is 0 Å². The first-order chi connectivity index (χ1) is 7.91. The van der Waals surface area contributed by atoms with E-state index in [0.717, 1.165) is 0 Å². The summed E-state index contributed by atoms with van der Waals surface area (Å²) in [7, 11) is 0. The Kier molecular flexibility index (Phi) is 5.80. The number of ether oxygens (including phenoxy) is 2. The van der Waals surface area contributed by atoms with Crippen molar-refractivity contribution in [2.45, 2.75) is 71.7 Å². The van der Waals surface area contributed by atoms with Crippen LogP contribution in [0.15, 0.2) is 0 Å². The first kappa shape index (κ1) is 16.9. The fourth-order valence-electron chi connectivity index (χ4n) is 1.13. The van der Waals surface area contributed by atoms with E-state index in [9.17, 15) is 14.7 Å². The highest BCUT2D eigenvalue weighted by Crippen LogP contribution is 2.13. The van der Waals surface area contributed by atoms with Gasteiger partial charge in [0.2, 0.25) is 0 Å². The second-order valence-electron chi connectivity index (χ2n) is 6.17. The van der Waals surface area contributed by atoms with Crippen molar-refractivity contribution < 1.29 is 24.2 Å². The van der Waals surface area contributed by atoms with Crippen LogP contribution >= 0.6 is 0 Å². The molecule has 5 heteroatoms. The first-order valence-corrected chi connectivity index (χ1v) is 6.03. The molecule has 0 spiro atoms. The first-order valence-electron chi connectivity index (χ1n) is 6.03. The highest BCUT2D eigenvalue weighted by molar-refractivity contribution is 5.76. The average molecular weight is 260 g/mol. The quantitative estimate of drug-likeness (QED) is 0.780. The Morgan fingerprint density at radius 1 is 1.00 bits per heavy atom. The molecular formula is C13H24O5. The average Bonchev–Trinajstić information content (AvgIpc) is 2.08. The minimum Gasteiger partial charge on any atom is -0.460 e. The van der Waals surface area contributed by atoms with E-state index in [1.807, 2.05) is 0 Å². The third kappa shape index (κ3) is 8.98. The summed E-state index contributed by atoms with van der Waals surface area (Å²) in [6.07, 6.45) is -1.31. The second-order valence-corrected chi connectivity index (χ2v) is 6.17. The number of rotatable bonds is 4. The predicted molar refractivity (Wildman–Crippen MR) is 66.9 cm³/mol. The zero-order chi connectivity index (χ0) is 14.6. The molecule has 0 aromatic heterocycles. The lowest BCUT2D eigenvalue weighted by atomic mass is 10.1. The predicted octanol–water partition coefficient (Wildman–Crippen LogP) is 1.81. The lowest BCUT2D eigenvalue weighted by molar-refractivity contribution is -0.166. The molecule has 0 aliphatic heterocycles. The number of carbonyl (C=O) groups excluding carboxylic acids is 2.